The van der Waals surface area contributed by atoms with Crippen molar-refractivity contribution in [2.45, 2.75) is 6.92 Å². The average molecular weight is 324 g/mol. The Morgan fingerprint density at radius 1 is 1.50 bits per heavy atom. The number of thiocarbonyl (C=S) groups is 1. The quantitative estimate of drug-likeness (QED) is 0.386. The molecule has 0 aliphatic carbocycles. The Labute approximate surface area is 127 Å². The summed E-state index contributed by atoms with van der Waals surface area (Å²) in [5.41, 5.74) is 3.77. The maximum atomic E-state index is 13.8. The fourth-order valence-corrected chi connectivity index (χ4v) is 1.77. The third kappa shape index (κ3) is 2.74. The molecule has 9 nitrogen and oxygen atoms in total. The minimum absolute atomic E-state index is 0.126. The first-order chi connectivity index (χ1) is 10.3. The molecule has 114 valence electrons. The maximum absolute atomic E-state index is 13.8. The van der Waals surface area contributed by atoms with Crippen molar-refractivity contribution in [3.63, 3.8) is 0 Å². The van der Waals surface area contributed by atoms with Crippen LogP contribution in [-0.2, 0) is 0 Å². The molecule has 0 saturated carbocycles. The van der Waals surface area contributed by atoms with Gasteiger partial charge in [-0.3, -0.25) is 20.0 Å². The normalized spacial score (nSPS) is 11.0. The molecule has 0 radical (unpaired) electrons. The minimum Gasteiger partial charge on any atom is -0.374 e. The molecule has 0 bridgehead atoms. The molecule has 0 spiro atoms. The number of aryl methyl sites for hydroxylation is 1. The zero-order valence-electron chi connectivity index (χ0n) is 11.1. The first-order valence-electron chi connectivity index (χ1n) is 5.79. The summed E-state index contributed by atoms with van der Waals surface area (Å²) < 4.78 is 14.7. The molecule has 0 unspecified atom stereocenters. The number of nitrogens with two attached hydrogens (primary N) is 1. The van der Waals surface area contributed by atoms with Crippen LogP contribution >= 0.6 is 12.2 Å². The topological polar surface area (TPSA) is 132 Å². The van der Waals surface area contributed by atoms with Crippen LogP contribution < -0.4 is 11.3 Å². The van der Waals surface area contributed by atoms with Crippen LogP contribution in [0, 0.1) is 22.9 Å². The summed E-state index contributed by atoms with van der Waals surface area (Å²) in [6, 6.07) is 3.45. The zero-order valence-corrected chi connectivity index (χ0v) is 11.9. The Hall–Kier alpha value is -2.95. The Balaban J connectivity index is 2.47. The second-order valence-electron chi connectivity index (χ2n) is 4.13. The van der Waals surface area contributed by atoms with Crippen LogP contribution in [0.4, 0.5) is 21.5 Å². The third-order valence-electron chi connectivity index (χ3n) is 2.67. The van der Waals surface area contributed by atoms with Gasteiger partial charge in [-0.05, 0) is 25.2 Å². The molecule has 22 heavy (non-hydrogen) atoms. The van der Waals surface area contributed by atoms with Gasteiger partial charge in [-0.1, -0.05) is 6.07 Å². The van der Waals surface area contributed by atoms with E-state index in [4.69, 9.17) is 5.73 Å². The molecule has 0 amide bonds. The maximum Gasteiger partial charge on any atom is 0.307 e. The molecule has 2 aromatic rings. The standard InChI is InChI=1S/C11H9FN6O3S/c1-5-9(10(19)17(16-5)11(13)22)15-14-6-3-2-4-7(8(6)12)18(20)21/h2-4,16H,1H3,(H2,13,22). The molecule has 1 aromatic carbocycles. The molecule has 0 fully saturated rings. The van der Waals surface area contributed by atoms with Crippen molar-refractivity contribution in [1.82, 2.24) is 9.78 Å². The molecule has 0 saturated heterocycles. The van der Waals surface area contributed by atoms with E-state index in [1.165, 1.54) is 19.1 Å². The summed E-state index contributed by atoms with van der Waals surface area (Å²) in [5.74, 6) is -1.14. The highest BCUT2D eigenvalue weighted by Crippen LogP contribution is 2.27. The van der Waals surface area contributed by atoms with Gasteiger partial charge in [-0.2, -0.15) is 9.07 Å². The lowest BCUT2D eigenvalue weighted by Gasteiger charge is -1.96. The molecule has 3 N–H and O–H groups in total. The van der Waals surface area contributed by atoms with Gasteiger partial charge in [0.25, 0.3) is 0 Å². The minimum atomic E-state index is -1.14. The van der Waals surface area contributed by atoms with Crippen LogP contribution in [-0.4, -0.2) is 19.8 Å². The molecule has 1 heterocycles. The molecule has 11 heteroatoms. The van der Waals surface area contributed by atoms with Gasteiger partial charge in [-0.25, -0.2) is 0 Å². The fraction of sp³-hybridized carbons (Fsp3) is 0.0909. The molecular formula is C11H9FN6O3S. The van der Waals surface area contributed by atoms with Crippen LogP contribution in [0.1, 0.15) is 5.69 Å². The Morgan fingerprint density at radius 2 is 2.18 bits per heavy atom. The largest absolute Gasteiger partial charge is 0.374 e. The van der Waals surface area contributed by atoms with Crippen LogP contribution in [0.3, 0.4) is 0 Å². The number of azo groups is 1. The predicted octanol–water partition coefficient (Wildman–Crippen LogP) is 2.04. The van der Waals surface area contributed by atoms with E-state index in [1.54, 1.807) is 0 Å². The van der Waals surface area contributed by atoms with Gasteiger partial charge in [0.2, 0.25) is 5.82 Å². The highest BCUT2D eigenvalue weighted by molar-refractivity contribution is 7.80. The number of nitro benzene ring substituents is 1. The van der Waals surface area contributed by atoms with Crippen LogP contribution in [0.25, 0.3) is 0 Å². The van der Waals surface area contributed by atoms with Gasteiger partial charge in [0.05, 0.1) is 10.6 Å². The average Bonchev–Trinajstić information content (AvgIpc) is 2.73. The van der Waals surface area contributed by atoms with Gasteiger partial charge in [0, 0.05) is 6.07 Å². The predicted molar refractivity (Wildman–Crippen MR) is 79.2 cm³/mol. The number of nitrogens with zero attached hydrogens (tertiary/aromatic N) is 4. The van der Waals surface area contributed by atoms with E-state index >= 15 is 0 Å². The molecule has 0 aliphatic heterocycles. The lowest BCUT2D eigenvalue weighted by Crippen LogP contribution is -2.29. The van der Waals surface area contributed by atoms with Crippen molar-refractivity contribution in [3.05, 3.63) is 50.2 Å². The molecule has 2 rings (SSSR count). The summed E-state index contributed by atoms with van der Waals surface area (Å²) in [5, 5.41) is 20.2. The van der Waals surface area contributed by atoms with E-state index in [0.717, 1.165) is 10.7 Å². The lowest BCUT2D eigenvalue weighted by atomic mass is 10.3. The number of aromatic nitrogens is 2. The highest BCUT2D eigenvalue weighted by Gasteiger charge is 2.18. The molecular weight excluding hydrogens is 315 g/mol. The first kappa shape index (κ1) is 15.4. The monoisotopic (exact) mass is 324 g/mol. The number of aromatic amines is 1. The lowest BCUT2D eigenvalue weighted by molar-refractivity contribution is -0.387. The van der Waals surface area contributed by atoms with Gasteiger partial charge in [0.1, 0.15) is 5.69 Å². The molecule has 0 atom stereocenters. The first-order valence-corrected chi connectivity index (χ1v) is 6.19. The molecule has 0 aliphatic rings. The second-order valence-corrected chi connectivity index (χ2v) is 4.55. The van der Waals surface area contributed by atoms with Gasteiger partial charge in [-0.15, -0.1) is 10.2 Å². The Bertz CT molecular complexity index is 856. The van der Waals surface area contributed by atoms with Crippen LogP contribution in [0.2, 0.25) is 0 Å². The van der Waals surface area contributed by atoms with Gasteiger partial charge >= 0.3 is 11.2 Å². The number of H-pyrrole nitrogens is 1. The van der Waals surface area contributed by atoms with Crippen molar-refractivity contribution in [3.8, 4) is 0 Å². The Morgan fingerprint density at radius 3 is 2.73 bits per heavy atom. The van der Waals surface area contributed by atoms with Crippen molar-refractivity contribution in [1.29, 1.82) is 0 Å². The van der Waals surface area contributed by atoms with E-state index in [2.05, 4.69) is 27.5 Å². The third-order valence-corrected chi connectivity index (χ3v) is 2.86. The Kier molecular flexibility index (Phi) is 4.08. The van der Waals surface area contributed by atoms with Crippen molar-refractivity contribution < 1.29 is 9.31 Å². The van der Waals surface area contributed by atoms with E-state index in [0.29, 0.717) is 5.69 Å². The van der Waals surface area contributed by atoms with Crippen molar-refractivity contribution in [2.75, 3.05) is 0 Å². The molecule has 1 aromatic heterocycles. The van der Waals surface area contributed by atoms with Crippen LogP contribution in [0.15, 0.2) is 33.2 Å². The highest BCUT2D eigenvalue weighted by atomic mass is 32.1. The summed E-state index contributed by atoms with van der Waals surface area (Å²) in [7, 11) is 0. The number of hydrogen-bond donors (Lipinski definition) is 2. The van der Waals surface area contributed by atoms with E-state index in [1.807, 2.05) is 0 Å². The van der Waals surface area contributed by atoms with Crippen molar-refractivity contribution in [2.24, 2.45) is 16.0 Å². The van der Waals surface area contributed by atoms with E-state index in [-0.39, 0.29) is 16.5 Å². The smallest absolute Gasteiger partial charge is 0.307 e. The number of nitro groups is 1. The second kappa shape index (κ2) is 5.81. The summed E-state index contributed by atoms with van der Waals surface area (Å²) >= 11 is 4.67. The summed E-state index contributed by atoms with van der Waals surface area (Å²) in [4.78, 5) is 21.7. The van der Waals surface area contributed by atoms with Gasteiger partial charge in [0.15, 0.2) is 10.8 Å². The number of rotatable bonds is 3. The van der Waals surface area contributed by atoms with E-state index < -0.39 is 22.0 Å². The number of nitrogens with one attached hydrogen (secondary N) is 1. The number of benzene rings is 1. The fourth-order valence-electron chi connectivity index (χ4n) is 1.64. The van der Waals surface area contributed by atoms with Crippen LogP contribution in [0.5, 0.6) is 0 Å². The summed E-state index contributed by atoms with van der Waals surface area (Å²) in [6.45, 7) is 1.52. The van der Waals surface area contributed by atoms with E-state index in [9.17, 15) is 19.3 Å². The van der Waals surface area contributed by atoms with Crippen molar-refractivity contribution >= 4 is 34.4 Å². The number of halogens is 1. The zero-order chi connectivity index (χ0) is 16.4. The number of hydrogen-bond acceptors (Lipinski definition) is 6. The van der Waals surface area contributed by atoms with Gasteiger partial charge < -0.3 is 5.73 Å². The summed E-state index contributed by atoms with van der Waals surface area (Å²) in [6.07, 6.45) is 0. The SMILES string of the molecule is Cc1[nH]n(C(N)=S)c(=O)c1N=Nc1cccc([N+](=O)[O-])c1F.